The summed E-state index contributed by atoms with van der Waals surface area (Å²) in [7, 11) is 0. The van der Waals surface area contributed by atoms with Crippen LogP contribution < -0.4 is 5.32 Å². The van der Waals surface area contributed by atoms with E-state index in [9.17, 15) is 0 Å². The van der Waals surface area contributed by atoms with Gasteiger partial charge in [-0.1, -0.05) is 52.3 Å². The number of aliphatic imine (C=N–C) groups is 1. The van der Waals surface area contributed by atoms with Gasteiger partial charge in [-0.15, -0.1) is 0 Å². The van der Waals surface area contributed by atoms with E-state index in [4.69, 9.17) is 4.99 Å². The first-order valence-electron chi connectivity index (χ1n) is 7.59. The Morgan fingerprint density at radius 1 is 1.28 bits per heavy atom. The smallest absolute Gasteiger partial charge is 0.157 e. The number of rotatable bonds is 3. The highest BCUT2D eigenvalue weighted by molar-refractivity contribution is 8.14. The topological polar surface area (TPSA) is 24.4 Å². The fourth-order valence-corrected chi connectivity index (χ4v) is 4.48. The normalized spacial score (nSPS) is 37.8. The fraction of sp³-hybridized carbons (Fsp3) is 0.933. The van der Waals surface area contributed by atoms with E-state index >= 15 is 0 Å². The van der Waals surface area contributed by atoms with Crippen LogP contribution in [0.2, 0.25) is 0 Å². The fourth-order valence-electron chi connectivity index (χ4n) is 3.09. The van der Waals surface area contributed by atoms with Gasteiger partial charge in [0.05, 0.1) is 6.04 Å². The zero-order chi connectivity index (χ0) is 13.2. The Kier molecular flexibility index (Phi) is 4.63. The molecule has 0 bridgehead atoms. The van der Waals surface area contributed by atoms with Gasteiger partial charge in [-0.2, -0.15) is 0 Å². The summed E-state index contributed by atoms with van der Waals surface area (Å²) < 4.78 is 0. The number of amidine groups is 1. The van der Waals surface area contributed by atoms with Crippen LogP contribution in [0.5, 0.6) is 0 Å². The number of thioether (sulfide) groups is 1. The summed E-state index contributed by atoms with van der Waals surface area (Å²) in [5.74, 6) is 2.77. The highest BCUT2D eigenvalue weighted by atomic mass is 32.2. The zero-order valence-electron chi connectivity index (χ0n) is 12.3. The molecule has 0 radical (unpaired) electrons. The van der Waals surface area contributed by atoms with Gasteiger partial charge in [0.2, 0.25) is 0 Å². The zero-order valence-corrected chi connectivity index (χ0v) is 13.1. The van der Waals surface area contributed by atoms with Crippen LogP contribution in [0.15, 0.2) is 4.99 Å². The largest absolute Gasteiger partial charge is 0.359 e. The van der Waals surface area contributed by atoms with Gasteiger partial charge in [0.25, 0.3) is 0 Å². The van der Waals surface area contributed by atoms with Gasteiger partial charge in [-0.25, -0.2) is 0 Å². The molecule has 0 aromatic heterocycles. The van der Waals surface area contributed by atoms with Gasteiger partial charge in [0.15, 0.2) is 5.17 Å². The first-order valence-corrected chi connectivity index (χ1v) is 8.57. The van der Waals surface area contributed by atoms with Crippen LogP contribution >= 0.6 is 11.8 Å². The lowest BCUT2D eigenvalue weighted by atomic mass is 9.78. The van der Waals surface area contributed by atoms with Gasteiger partial charge in [0.1, 0.15) is 0 Å². The first-order chi connectivity index (χ1) is 8.60. The van der Waals surface area contributed by atoms with E-state index in [-0.39, 0.29) is 0 Å². The van der Waals surface area contributed by atoms with Crippen LogP contribution in [0.3, 0.4) is 0 Å². The maximum atomic E-state index is 5.03. The van der Waals surface area contributed by atoms with E-state index in [1.807, 2.05) is 11.8 Å². The molecule has 1 aliphatic heterocycles. The van der Waals surface area contributed by atoms with E-state index in [0.717, 1.165) is 11.8 Å². The molecule has 2 rings (SSSR count). The molecule has 3 atom stereocenters. The van der Waals surface area contributed by atoms with Gasteiger partial charge >= 0.3 is 0 Å². The lowest BCUT2D eigenvalue weighted by Gasteiger charge is -2.32. The predicted molar refractivity (Wildman–Crippen MR) is 82.3 cm³/mol. The van der Waals surface area contributed by atoms with Crippen molar-refractivity contribution in [2.75, 3.05) is 5.75 Å². The average molecular weight is 268 g/mol. The van der Waals surface area contributed by atoms with Crippen molar-refractivity contribution in [3.05, 3.63) is 0 Å². The highest BCUT2D eigenvalue weighted by Crippen LogP contribution is 2.34. The molecular weight excluding hydrogens is 240 g/mol. The summed E-state index contributed by atoms with van der Waals surface area (Å²) in [6, 6.07) is 0.549. The molecule has 3 heteroatoms. The van der Waals surface area contributed by atoms with E-state index in [1.54, 1.807) is 0 Å². The lowest BCUT2D eigenvalue weighted by Crippen LogP contribution is -2.43. The van der Waals surface area contributed by atoms with E-state index in [2.05, 4.69) is 33.0 Å². The molecule has 104 valence electrons. The van der Waals surface area contributed by atoms with Gasteiger partial charge in [-0.05, 0) is 31.1 Å². The summed E-state index contributed by atoms with van der Waals surface area (Å²) in [4.78, 5) is 5.03. The van der Waals surface area contributed by atoms with E-state index < -0.39 is 0 Å². The van der Waals surface area contributed by atoms with Crippen LogP contribution in [0.4, 0.5) is 0 Å². The summed E-state index contributed by atoms with van der Waals surface area (Å²) in [6.45, 7) is 9.33. The molecule has 0 amide bonds. The Balaban J connectivity index is 2.02. The SMILES string of the molecule is CCC1(CC)CSC(=NC2CCCC(C)C2C)N1. The summed E-state index contributed by atoms with van der Waals surface area (Å²) in [5, 5.41) is 4.91. The van der Waals surface area contributed by atoms with Crippen LogP contribution in [0.1, 0.15) is 59.8 Å². The molecule has 18 heavy (non-hydrogen) atoms. The molecule has 0 aromatic rings. The number of hydrogen-bond acceptors (Lipinski definition) is 2. The Morgan fingerprint density at radius 2 is 2.00 bits per heavy atom. The minimum absolute atomic E-state index is 0.313. The molecule has 0 spiro atoms. The Hall–Kier alpha value is -0.180. The molecule has 0 aromatic carbocycles. The van der Waals surface area contributed by atoms with Crippen LogP contribution in [-0.2, 0) is 0 Å². The molecular formula is C15H28N2S. The van der Waals surface area contributed by atoms with Gasteiger partial charge < -0.3 is 5.32 Å². The minimum Gasteiger partial charge on any atom is -0.359 e. The molecule has 1 N–H and O–H groups in total. The lowest BCUT2D eigenvalue weighted by molar-refractivity contribution is 0.241. The van der Waals surface area contributed by atoms with Crippen molar-refractivity contribution in [1.82, 2.24) is 5.32 Å². The summed E-state index contributed by atoms with van der Waals surface area (Å²) >= 11 is 1.93. The van der Waals surface area contributed by atoms with Crippen molar-refractivity contribution in [1.29, 1.82) is 0 Å². The standard InChI is InChI=1S/C15H28N2S/c1-5-15(6-2)10-18-14(17-15)16-13-9-7-8-11(3)12(13)4/h11-13H,5-10H2,1-4H3,(H,16,17). The predicted octanol–water partition coefficient (Wildman–Crippen LogP) is 4.06. The van der Waals surface area contributed by atoms with Crippen LogP contribution in [0, 0.1) is 11.8 Å². The van der Waals surface area contributed by atoms with Gasteiger partial charge in [-0.3, -0.25) is 4.99 Å². The third kappa shape index (κ3) is 2.87. The van der Waals surface area contributed by atoms with Crippen LogP contribution in [0.25, 0.3) is 0 Å². The van der Waals surface area contributed by atoms with Crippen molar-refractivity contribution in [2.24, 2.45) is 16.8 Å². The average Bonchev–Trinajstić information content (AvgIpc) is 2.79. The highest BCUT2D eigenvalue weighted by Gasteiger charge is 2.35. The van der Waals surface area contributed by atoms with Crippen molar-refractivity contribution < 1.29 is 0 Å². The number of nitrogens with one attached hydrogen (secondary N) is 1. The first kappa shape index (κ1) is 14.2. The van der Waals surface area contributed by atoms with Crippen LogP contribution in [-0.4, -0.2) is 22.5 Å². The molecule has 1 heterocycles. The Labute approximate surface area is 116 Å². The van der Waals surface area contributed by atoms with Crippen molar-refractivity contribution in [3.63, 3.8) is 0 Å². The molecule has 1 aliphatic carbocycles. The van der Waals surface area contributed by atoms with Crippen molar-refractivity contribution in [3.8, 4) is 0 Å². The Bertz CT molecular complexity index is 310. The third-order valence-corrected chi connectivity index (χ3v) is 6.34. The molecule has 2 fully saturated rings. The Morgan fingerprint density at radius 3 is 2.61 bits per heavy atom. The van der Waals surface area contributed by atoms with E-state index in [1.165, 1.54) is 43.0 Å². The molecule has 3 unspecified atom stereocenters. The second kappa shape index (κ2) is 5.85. The molecule has 2 aliphatic rings. The molecule has 1 saturated heterocycles. The maximum Gasteiger partial charge on any atom is 0.157 e. The second-order valence-electron chi connectivity index (χ2n) is 6.17. The monoisotopic (exact) mass is 268 g/mol. The third-order valence-electron chi connectivity index (χ3n) is 5.16. The summed E-state index contributed by atoms with van der Waals surface area (Å²) in [5.41, 5.74) is 0.313. The molecule has 1 saturated carbocycles. The van der Waals surface area contributed by atoms with Crippen molar-refractivity contribution >= 4 is 16.9 Å². The minimum atomic E-state index is 0.313. The quantitative estimate of drug-likeness (QED) is 0.834. The van der Waals surface area contributed by atoms with Crippen molar-refractivity contribution in [2.45, 2.75) is 71.4 Å². The number of hydrogen-bond donors (Lipinski definition) is 1. The second-order valence-corrected chi connectivity index (χ2v) is 7.13. The summed E-state index contributed by atoms with van der Waals surface area (Å²) in [6.07, 6.45) is 6.42. The number of nitrogens with zero attached hydrogens (tertiary/aromatic N) is 1. The van der Waals surface area contributed by atoms with E-state index in [0.29, 0.717) is 11.6 Å². The van der Waals surface area contributed by atoms with Gasteiger partial charge in [0, 0.05) is 11.3 Å². The maximum absolute atomic E-state index is 5.03. The molecule has 2 nitrogen and oxygen atoms in total.